The van der Waals surface area contributed by atoms with Crippen molar-refractivity contribution in [1.29, 1.82) is 0 Å². The summed E-state index contributed by atoms with van der Waals surface area (Å²) >= 11 is 0. The van der Waals surface area contributed by atoms with E-state index in [0.29, 0.717) is 0 Å². The Morgan fingerprint density at radius 1 is 0.208 bits per heavy atom. The van der Waals surface area contributed by atoms with E-state index in [4.69, 9.17) is 0 Å². The molecule has 14 rings (SSSR count). The Labute approximate surface area is 421 Å². The van der Waals surface area contributed by atoms with Crippen molar-refractivity contribution in [3.63, 3.8) is 0 Å². The Morgan fingerprint density at radius 3 is 1.24 bits per heavy atom. The van der Waals surface area contributed by atoms with Crippen LogP contribution in [0.5, 0.6) is 0 Å². The van der Waals surface area contributed by atoms with Crippen LogP contribution in [0.15, 0.2) is 285 Å². The fourth-order valence-electron chi connectivity index (χ4n) is 12.1. The molecule has 1 nitrogen and oxygen atoms in total. The van der Waals surface area contributed by atoms with Crippen LogP contribution in [-0.2, 0) is 5.41 Å². The van der Waals surface area contributed by atoms with Crippen LogP contribution in [0.1, 0.15) is 22.3 Å². The summed E-state index contributed by atoms with van der Waals surface area (Å²) in [5.74, 6) is 0. The van der Waals surface area contributed by atoms with Gasteiger partial charge in [0, 0.05) is 16.9 Å². The Bertz CT molecular complexity index is 3990. The van der Waals surface area contributed by atoms with E-state index < -0.39 is 5.41 Å². The third-order valence-electron chi connectivity index (χ3n) is 15.3. The molecule has 0 fully saturated rings. The van der Waals surface area contributed by atoms with Gasteiger partial charge in [-0.05, 0) is 142 Å². The fraction of sp³-hybridized carbons (Fsp3) is 0.0141. The average molecular weight is 914 g/mol. The molecule has 0 bridgehead atoms. The quantitative estimate of drug-likeness (QED) is 0.147. The van der Waals surface area contributed by atoms with Gasteiger partial charge in [0.2, 0.25) is 0 Å². The SMILES string of the molecule is c1ccc(-c2ccccc2-c2ccccc2-c2ccccc2N(c2ccc(-c3ccc(-c4ccc5ccccc5c4)cc3)cc2)c2ccc3c(c2)-c2ccccc2C32c3ccccc3-c3ccccc32)cc1. The molecule has 0 N–H and O–H groups in total. The van der Waals surface area contributed by atoms with Gasteiger partial charge in [-0.2, -0.15) is 0 Å². The van der Waals surface area contributed by atoms with Gasteiger partial charge in [0.05, 0.1) is 11.1 Å². The molecule has 0 unspecified atom stereocenters. The number of hydrogen-bond donors (Lipinski definition) is 0. The van der Waals surface area contributed by atoms with Crippen LogP contribution in [0.2, 0.25) is 0 Å². The largest absolute Gasteiger partial charge is 0.310 e. The first-order valence-corrected chi connectivity index (χ1v) is 25.0. The molecule has 0 amide bonds. The van der Waals surface area contributed by atoms with Crippen LogP contribution in [0, 0.1) is 0 Å². The maximum absolute atomic E-state index is 2.48. The Morgan fingerprint density at radius 2 is 0.611 bits per heavy atom. The van der Waals surface area contributed by atoms with Crippen molar-refractivity contribution >= 4 is 27.8 Å². The second kappa shape index (κ2) is 17.0. The van der Waals surface area contributed by atoms with Crippen molar-refractivity contribution in [3.05, 3.63) is 307 Å². The van der Waals surface area contributed by atoms with Crippen molar-refractivity contribution in [1.82, 2.24) is 0 Å². The van der Waals surface area contributed by atoms with E-state index in [0.717, 1.165) is 22.6 Å². The molecule has 12 aromatic rings. The van der Waals surface area contributed by atoms with Gasteiger partial charge in [0.1, 0.15) is 0 Å². The number of benzene rings is 12. The molecule has 336 valence electrons. The van der Waals surface area contributed by atoms with Crippen LogP contribution in [0.25, 0.3) is 88.7 Å². The summed E-state index contributed by atoms with van der Waals surface area (Å²) in [5, 5.41) is 2.51. The molecule has 0 radical (unpaired) electrons. The molecule has 0 saturated carbocycles. The van der Waals surface area contributed by atoms with Gasteiger partial charge >= 0.3 is 0 Å². The molecule has 1 heteroatoms. The number of fused-ring (bicyclic) bond motifs is 11. The summed E-state index contributed by atoms with van der Waals surface area (Å²) in [6.07, 6.45) is 0. The minimum atomic E-state index is -0.420. The molecule has 0 atom stereocenters. The molecule has 12 aromatic carbocycles. The average Bonchev–Trinajstić information content (AvgIpc) is 3.93. The highest BCUT2D eigenvalue weighted by Gasteiger charge is 2.51. The first-order chi connectivity index (χ1) is 35.7. The number of anilines is 3. The van der Waals surface area contributed by atoms with E-state index >= 15 is 0 Å². The summed E-state index contributed by atoms with van der Waals surface area (Å²) < 4.78 is 0. The molecule has 0 saturated heterocycles. The second-order valence-corrected chi connectivity index (χ2v) is 19.1. The first-order valence-electron chi connectivity index (χ1n) is 25.0. The predicted molar refractivity (Wildman–Crippen MR) is 302 cm³/mol. The normalized spacial score (nSPS) is 12.6. The third kappa shape index (κ3) is 6.55. The maximum atomic E-state index is 2.48. The minimum Gasteiger partial charge on any atom is -0.310 e. The highest BCUT2D eigenvalue weighted by molar-refractivity contribution is 6.00. The van der Waals surface area contributed by atoms with E-state index in [9.17, 15) is 0 Å². The monoisotopic (exact) mass is 913 g/mol. The molecule has 0 heterocycles. The standard InChI is InChI=1S/C71H47N/c1-2-19-52(20-3-1)57-22-6-7-23-58(57)59-24-8-9-25-60(59)64-29-13-17-33-70(64)72(55-42-40-50(41-43-55)49-34-36-51(37-35-49)54-39-38-48-18-4-5-21-53(48)46-54)56-44-45-69-65(47-56)63-28-12-16-32-68(63)71(69)66-30-14-10-26-61(66)62-27-11-15-31-67(62)71/h1-47H. The predicted octanol–water partition coefficient (Wildman–Crippen LogP) is 19.0. The lowest BCUT2D eigenvalue weighted by Gasteiger charge is -2.31. The summed E-state index contributed by atoms with van der Waals surface area (Å²) in [4.78, 5) is 2.48. The molecule has 72 heavy (non-hydrogen) atoms. The fourth-order valence-corrected chi connectivity index (χ4v) is 12.1. The zero-order valence-electron chi connectivity index (χ0n) is 39.6. The van der Waals surface area contributed by atoms with E-state index in [2.05, 4.69) is 290 Å². The minimum absolute atomic E-state index is 0.420. The molecule has 0 aromatic heterocycles. The first kappa shape index (κ1) is 41.7. The molecular weight excluding hydrogens is 867 g/mol. The third-order valence-corrected chi connectivity index (χ3v) is 15.3. The molecular formula is C71H47N. The number of rotatable bonds is 8. The van der Waals surface area contributed by atoms with E-state index in [1.165, 1.54) is 105 Å². The number of nitrogens with zero attached hydrogens (tertiary/aromatic N) is 1. The van der Waals surface area contributed by atoms with Gasteiger partial charge < -0.3 is 4.90 Å². The molecule has 2 aliphatic carbocycles. The van der Waals surface area contributed by atoms with Crippen molar-refractivity contribution in [2.45, 2.75) is 5.41 Å². The lowest BCUT2D eigenvalue weighted by molar-refractivity contribution is 0.794. The number of para-hydroxylation sites is 1. The van der Waals surface area contributed by atoms with Gasteiger partial charge in [0.15, 0.2) is 0 Å². The molecule has 2 aliphatic rings. The van der Waals surface area contributed by atoms with Crippen LogP contribution < -0.4 is 4.90 Å². The molecule has 0 aliphatic heterocycles. The zero-order chi connectivity index (χ0) is 47.6. The summed E-state index contributed by atoms with van der Waals surface area (Å²) in [5.41, 5.74) is 25.3. The Hall–Kier alpha value is -9.30. The van der Waals surface area contributed by atoms with Gasteiger partial charge in [0.25, 0.3) is 0 Å². The van der Waals surface area contributed by atoms with Crippen molar-refractivity contribution in [2.24, 2.45) is 0 Å². The van der Waals surface area contributed by atoms with Crippen LogP contribution in [0.4, 0.5) is 17.1 Å². The van der Waals surface area contributed by atoms with Gasteiger partial charge in [-0.25, -0.2) is 0 Å². The van der Waals surface area contributed by atoms with Crippen molar-refractivity contribution in [2.75, 3.05) is 4.90 Å². The highest BCUT2D eigenvalue weighted by atomic mass is 15.1. The second-order valence-electron chi connectivity index (χ2n) is 19.1. The summed E-state index contributed by atoms with van der Waals surface area (Å²) in [7, 11) is 0. The van der Waals surface area contributed by atoms with Crippen LogP contribution >= 0.6 is 0 Å². The summed E-state index contributed by atoms with van der Waals surface area (Å²) in [6, 6.07) is 105. The zero-order valence-corrected chi connectivity index (χ0v) is 39.6. The van der Waals surface area contributed by atoms with E-state index in [1.807, 2.05) is 0 Å². The van der Waals surface area contributed by atoms with Gasteiger partial charge in [-0.3, -0.25) is 0 Å². The maximum Gasteiger partial charge on any atom is 0.0725 e. The smallest absolute Gasteiger partial charge is 0.0725 e. The topological polar surface area (TPSA) is 3.24 Å². The lowest BCUT2D eigenvalue weighted by Crippen LogP contribution is -2.25. The lowest BCUT2D eigenvalue weighted by atomic mass is 9.70. The van der Waals surface area contributed by atoms with Crippen molar-refractivity contribution < 1.29 is 0 Å². The van der Waals surface area contributed by atoms with Gasteiger partial charge in [-0.15, -0.1) is 0 Å². The number of hydrogen-bond acceptors (Lipinski definition) is 1. The van der Waals surface area contributed by atoms with E-state index in [1.54, 1.807) is 0 Å². The van der Waals surface area contributed by atoms with Crippen LogP contribution in [0.3, 0.4) is 0 Å². The Balaban J connectivity index is 0.933. The van der Waals surface area contributed by atoms with Crippen LogP contribution in [-0.4, -0.2) is 0 Å². The van der Waals surface area contributed by atoms with Gasteiger partial charge in [-0.1, -0.05) is 249 Å². The Kier molecular flexibility index (Phi) is 9.82. The molecule has 1 spiro atoms. The van der Waals surface area contributed by atoms with E-state index in [-0.39, 0.29) is 0 Å². The summed E-state index contributed by atoms with van der Waals surface area (Å²) in [6.45, 7) is 0. The highest BCUT2D eigenvalue weighted by Crippen LogP contribution is 2.63. The van der Waals surface area contributed by atoms with Crippen molar-refractivity contribution in [3.8, 4) is 77.9 Å².